The Kier molecular flexibility index (Phi) is 5.62. The number of rotatable bonds is 5. The van der Waals surface area contributed by atoms with Crippen LogP contribution in [0.3, 0.4) is 0 Å². The number of allylic oxidation sites excluding steroid dienone is 1. The number of amides is 1. The number of anilines is 2. The van der Waals surface area contributed by atoms with Crippen LogP contribution < -0.4 is 10.2 Å². The second-order valence-corrected chi connectivity index (χ2v) is 8.28. The van der Waals surface area contributed by atoms with Gasteiger partial charge in [0.25, 0.3) is 5.95 Å². The van der Waals surface area contributed by atoms with Crippen LogP contribution in [0.25, 0.3) is 5.70 Å². The molecular weight excluding hydrogens is 436 g/mol. The molecule has 0 spiro atoms. The van der Waals surface area contributed by atoms with Gasteiger partial charge in [-0.3, -0.25) is 9.69 Å². The maximum atomic E-state index is 13.0. The lowest BCUT2D eigenvalue weighted by Crippen LogP contribution is -2.37. The van der Waals surface area contributed by atoms with E-state index in [1.54, 1.807) is 28.9 Å². The lowest BCUT2D eigenvalue weighted by molar-refractivity contribution is -0.114. The number of tetrazole rings is 1. The second-order valence-electron chi connectivity index (χ2n) is 7.84. The van der Waals surface area contributed by atoms with Crippen molar-refractivity contribution < 1.29 is 4.79 Å². The summed E-state index contributed by atoms with van der Waals surface area (Å²) >= 11 is 6.06. The van der Waals surface area contributed by atoms with Gasteiger partial charge in [-0.25, -0.2) is 0 Å². The first-order valence-electron chi connectivity index (χ1n) is 10.5. The molecule has 0 bridgehead atoms. The number of aryl methyl sites for hydroxylation is 1. The molecule has 1 aliphatic heterocycles. The van der Waals surface area contributed by atoms with Gasteiger partial charge in [-0.1, -0.05) is 82.9 Å². The van der Waals surface area contributed by atoms with Crippen LogP contribution in [0.4, 0.5) is 11.6 Å². The minimum atomic E-state index is -0.206. The van der Waals surface area contributed by atoms with E-state index < -0.39 is 0 Å². The van der Waals surface area contributed by atoms with Crippen LogP contribution in [0.2, 0.25) is 5.02 Å². The van der Waals surface area contributed by atoms with Gasteiger partial charge >= 0.3 is 0 Å². The summed E-state index contributed by atoms with van der Waals surface area (Å²) in [5.41, 5.74) is 4.69. The van der Waals surface area contributed by atoms with Gasteiger partial charge in [0, 0.05) is 10.7 Å². The van der Waals surface area contributed by atoms with Crippen molar-refractivity contribution in [2.45, 2.75) is 13.0 Å². The van der Waals surface area contributed by atoms with Crippen molar-refractivity contribution in [3.05, 3.63) is 107 Å². The van der Waals surface area contributed by atoms with Crippen molar-refractivity contribution in [3.8, 4) is 0 Å². The number of halogens is 1. The number of carbonyl (C=O) groups excluding carboxylic acids is 1. The van der Waals surface area contributed by atoms with Crippen molar-refractivity contribution in [1.82, 2.24) is 20.2 Å². The largest absolute Gasteiger partial charge is 0.324 e. The van der Waals surface area contributed by atoms with Crippen molar-refractivity contribution in [3.63, 3.8) is 0 Å². The SMILES string of the molecule is Cc1ccc(C2=C[C@H](c3ccccc3)n3nnnc3N2CC(=O)Nc2cccc(Cl)c2)cc1. The maximum absolute atomic E-state index is 13.0. The Balaban J connectivity index is 1.53. The van der Waals surface area contributed by atoms with Crippen LogP contribution in [-0.4, -0.2) is 32.7 Å². The summed E-state index contributed by atoms with van der Waals surface area (Å²) in [7, 11) is 0. The topological polar surface area (TPSA) is 75.9 Å². The third-order valence-corrected chi connectivity index (χ3v) is 5.72. The zero-order valence-corrected chi connectivity index (χ0v) is 18.6. The number of fused-ring (bicyclic) bond motifs is 1. The summed E-state index contributed by atoms with van der Waals surface area (Å²) < 4.78 is 1.74. The maximum Gasteiger partial charge on any atom is 0.251 e. The predicted molar refractivity (Wildman–Crippen MR) is 129 cm³/mol. The van der Waals surface area contributed by atoms with Gasteiger partial charge in [0.1, 0.15) is 12.6 Å². The number of hydrogen-bond donors (Lipinski definition) is 1. The molecular formula is C25H21ClN6O. The first kappa shape index (κ1) is 20.9. The molecule has 8 heteroatoms. The normalized spacial score (nSPS) is 15.0. The molecule has 33 heavy (non-hydrogen) atoms. The van der Waals surface area contributed by atoms with E-state index in [4.69, 9.17) is 11.6 Å². The average Bonchev–Trinajstić information content (AvgIpc) is 3.31. The Bertz CT molecular complexity index is 1320. The summed E-state index contributed by atoms with van der Waals surface area (Å²) in [6.45, 7) is 2.08. The number of carbonyl (C=O) groups is 1. The van der Waals surface area contributed by atoms with Crippen LogP contribution in [0.15, 0.2) is 84.9 Å². The van der Waals surface area contributed by atoms with Gasteiger partial charge in [0.05, 0.1) is 5.70 Å². The van der Waals surface area contributed by atoms with Crippen LogP contribution in [0.5, 0.6) is 0 Å². The highest BCUT2D eigenvalue weighted by molar-refractivity contribution is 6.30. The molecule has 1 atom stereocenters. The summed E-state index contributed by atoms with van der Waals surface area (Å²) in [6, 6.07) is 25.1. The van der Waals surface area contributed by atoms with E-state index in [9.17, 15) is 4.79 Å². The Morgan fingerprint density at radius 1 is 1.03 bits per heavy atom. The molecule has 1 amide bonds. The molecule has 2 heterocycles. The van der Waals surface area contributed by atoms with E-state index in [1.165, 1.54) is 0 Å². The Labute approximate surface area is 196 Å². The molecule has 5 rings (SSSR count). The van der Waals surface area contributed by atoms with Crippen molar-refractivity contribution in [1.29, 1.82) is 0 Å². The third kappa shape index (κ3) is 4.36. The Morgan fingerprint density at radius 2 is 1.82 bits per heavy atom. The molecule has 164 valence electrons. The summed E-state index contributed by atoms with van der Waals surface area (Å²) in [6.07, 6.45) is 2.09. The van der Waals surface area contributed by atoms with Gasteiger partial charge in [0.15, 0.2) is 0 Å². The predicted octanol–water partition coefficient (Wildman–Crippen LogP) is 4.72. The standard InChI is InChI=1S/C25H21ClN6O/c1-17-10-12-19(13-11-17)22-15-23(18-6-3-2-4-7-18)32-25(28-29-30-32)31(22)16-24(33)27-21-9-5-8-20(26)14-21/h2-15,23H,16H2,1H3,(H,27,33)/t23-/m1/s1. The van der Waals surface area contributed by atoms with E-state index in [-0.39, 0.29) is 18.5 Å². The van der Waals surface area contributed by atoms with Gasteiger partial charge in [0.2, 0.25) is 5.91 Å². The second kappa shape index (κ2) is 8.88. The highest BCUT2D eigenvalue weighted by Crippen LogP contribution is 2.36. The fourth-order valence-electron chi connectivity index (χ4n) is 3.89. The highest BCUT2D eigenvalue weighted by Gasteiger charge is 2.31. The van der Waals surface area contributed by atoms with E-state index in [2.05, 4.69) is 39.1 Å². The van der Waals surface area contributed by atoms with Crippen LogP contribution in [-0.2, 0) is 4.79 Å². The van der Waals surface area contributed by atoms with Crippen LogP contribution >= 0.6 is 11.6 Å². The first-order valence-corrected chi connectivity index (χ1v) is 10.9. The van der Waals surface area contributed by atoms with E-state index >= 15 is 0 Å². The van der Waals surface area contributed by atoms with Gasteiger partial charge < -0.3 is 5.32 Å². The number of nitrogens with zero attached hydrogens (tertiary/aromatic N) is 5. The quantitative estimate of drug-likeness (QED) is 0.470. The van der Waals surface area contributed by atoms with Gasteiger partial charge in [-0.05, 0) is 52.8 Å². The summed E-state index contributed by atoms with van der Waals surface area (Å²) in [5, 5.41) is 15.9. The molecule has 0 saturated heterocycles. The van der Waals surface area contributed by atoms with Crippen LogP contribution in [0, 0.1) is 6.92 Å². The van der Waals surface area contributed by atoms with Crippen LogP contribution in [0.1, 0.15) is 22.7 Å². The Hall–Kier alpha value is -3.97. The summed E-state index contributed by atoms with van der Waals surface area (Å²) in [5.74, 6) is 0.297. The molecule has 4 aromatic rings. The molecule has 0 radical (unpaired) electrons. The smallest absolute Gasteiger partial charge is 0.251 e. The molecule has 7 nitrogen and oxygen atoms in total. The fraction of sp³-hybridized carbons (Fsp3) is 0.120. The van der Waals surface area contributed by atoms with Gasteiger partial charge in [-0.2, -0.15) is 4.68 Å². The number of aromatic nitrogens is 4. The van der Waals surface area contributed by atoms with E-state index in [0.29, 0.717) is 16.7 Å². The first-order chi connectivity index (χ1) is 16.1. The Morgan fingerprint density at radius 3 is 2.58 bits per heavy atom. The van der Waals surface area contributed by atoms with Gasteiger partial charge in [-0.15, -0.1) is 0 Å². The fourth-order valence-corrected chi connectivity index (χ4v) is 4.09. The molecule has 1 N–H and O–H groups in total. The molecule has 3 aromatic carbocycles. The lowest BCUT2D eigenvalue weighted by atomic mass is 10.00. The van der Waals surface area contributed by atoms with E-state index in [0.717, 1.165) is 22.4 Å². The van der Waals surface area contributed by atoms with Crippen molar-refractivity contribution in [2.24, 2.45) is 0 Å². The molecule has 1 aliphatic rings. The molecule has 0 unspecified atom stereocenters. The van der Waals surface area contributed by atoms with E-state index in [1.807, 2.05) is 54.3 Å². The number of benzene rings is 3. The van der Waals surface area contributed by atoms with Crippen molar-refractivity contribution in [2.75, 3.05) is 16.8 Å². The molecule has 0 fully saturated rings. The average molecular weight is 457 g/mol. The zero-order valence-electron chi connectivity index (χ0n) is 17.9. The summed E-state index contributed by atoms with van der Waals surface area (Å²) in [4.78, 5) is 14.8. The third-order valence-electron chi connectivity index (χ3n) is 5.49. The minimum absolute atomic E-state index is 0.0358. The minimum Gasteiger partial charge on any atom is -0.324 e. The van der Waals surface area contributed by atoms with Crippen molar-refractivity contribution >= 4 is 34.8 Å². The monoisotopic (exact) mass is 456 g/mol. The number of nitrogens with one attached hydrogen (secondary N) is 1. The molecule has 0 aliphatic carbocycles. The zero-order chi connectivity index (χ0) is 22.8. The molecule has 0 saturated carbocycles. The lowest BCUT2D eigenvalue weighted by Gasteiger charge is -2.32. The number of hydrogen-bond acceptors (Lipinski definition) is 5. The molecule has 1 aromatic heterocycles. The highest BCUT2D eigenvalue weighted by atomic mass is 35.5.